The zero-order chi connectivity index (χ0) is 23.0. The lowest BCUT2D eigenvalue weighted by molar-refractivity contribution is -0.136. The van der Waals surface area contributed by atoms with Crippen LogP contribution in [0.3, 0.4) is 0 Å². The quantitative estimate of drug-likeness (QED) is 0.547. The molecule has 0 saturated carbocycles. The molecule has 4 rings (SSSR count). The van der Waals surface area contributed by atoms with Crippen LogP contribution in [0.5, 0.6) is 5.75 Å². The molecule has 0 spiro atoms. The Morgan fingerprint density at radius 2 is 1.97 bits per heavy atom. The fraction of sp³-hybridized carbons (Fsp3) is 0.174. The molecule has 1 atom stereocenters. The number of halogens is 2. The van der Waals surface area contributed by atoms with Crippen LogP contribution >= 0.6 is 22.9 Å². The minimum absolute atomic E-state index is 0.108. The van der Waals surface area contributed by atoms with E-state index in [1.807, 2.05) is 0 Å². The topological polar surface area (TPSA) is 69.9 Å². The fourth-order valence-corrected chi connectivity index (χ4v) is 4.90. The van der Waals surface area contributed by atoms with Gasteiger partial charge in [0.2, 0.25) is 0 Å². The van der Waals surface area contributed by atoms with E-state index in [0.717, 1.165) is 11.3 Å². The van der Waals surface area contributed by atoms with Gasteiger partial charge in [-0.3, -0.25) is 9.36 Å². The molecule has 32 heavy (non-hydrogen) atoms. The molecule has 0 fully saturated rings. The van der Waals surface area contributed by atoms with Crippen LogP contribution in [0, 0.1) is 5.82 Å². The summed E-state index contributed by atoms with van der Waals surface area (Å²) in [6.45, 7) is 1.68. The normalized spacial score (nSPS) is 15.9. The van der Waals surface area contributed by atoms with Gasteiger partial charge < -0.3 is 9.47 Å². The molecule has 0 radical (unpaired) electrons. The minimum Gasteiger partial charge on any atom is -0.496 e. The summed E-state index contributed by atoms with van der Waals surface area (Å²) >= 11 is 7.23. The summed E-state index contributed by atoms with van der Waals surface area (Å²) in [5, 5.41) is 0.184. The number of aromatic nitrogens is 1. The maximum atomic E-state index is 14.3. The number of hydrogen-bond acceptors (Lipinski definition) is 6. The third-order valence-corrected chi connectivity index (χ3v) is 6.45. The third kappa shape index (κ3) is 3.65. The molecule has 164 valence electrons. The molecule has 0 bridgehead atoms. The van der Waals surface area contributed by atoms with Crippen LogP contribution in [0.15, 0.2) is 63.5 Å². The molecule has 0 saturated heterocycles. The number of rotatable bonds is 4. The second-order valence-electron chi connectivity index (χ2n) is 6.95. The highest BCUT2D eigenvalue weighted by molar-refractivity contribution is 7.07. The molecule has 0 N–H and O–H groups in total. The van der Waals surface area contributed by atoms with E-state index in [4.69, 9.17) is 21.1 Å². The van der Waals surface area contributed by atoms with Crippen LogP contribution in [0.1, 0.15) is 24.1 Å². The van der Waals surface area contributed by atoms with Crippen molar-refractivity contribution in [3.8, 4) is 5.75 Å². The van der Waals surface area contributed by atoms with Gasteiger partial charge >= 0.3 is 5.97 Å². The van der Waals surface area contributed by atoms with Crippen molar-refractivity contribution < 1.29 is 18.7 Å². The number of benzene rings is 2. The molecule has 0 aliphatic carbocycles. The molecule has 9 heteroatoms. The Kier molecular flexibility index (Phi) is 5.99. The first-order valence-corrected chi connectivity index (χ1v) is 10.7. The average molecular weight is 473 g/mol. The van der Waals surface area contributed by atoms with Crippen LogP contribution in [0.2, 0.25) is 5.02 Å². The van der Waals surface area contributed by atoms with Gasteiger partial charge in [0.1, 0.15) is 17.6 Å². The first-order chi connectivity index (χ1) is 15.4. The highest BCUT2D eigenvalue weighted by atomic mass is 35.5. The molecule has 2 aromatic carbocycles. The van der Waals surface area contributed by atoms with Crippen LogP contribution in [0.25, 0.3) is 6.08 Å². The number of fused-ring (bicyclic) bond motifs is 1. The third-order valence-electron chi connectivity index (χ3n) is 5.14. The molecular weight excluding hydrogens is 455 g/mol. The monoisotopic (exact) mass is 472 g/mol. The zero-order valence-corrected chi connectivity index (χ0v) is 19.0. The van der Waals surface area contributed by atoms with Crippen molar-refractivity contribution in [3.05, 3.63) is 95.4 Å². The predicted molar refractivity (Wildman–Crippen MR) is 120 cm³/mol. The largest absolute Gasteiger partial charge is 0.496 e. The summed E-state index contributed by atoms with van der Waals surface area (Å²) in [4.78, 5) is 31.0. The predicted octanol–water partition coefficient (Wildman–Crippen LogP) is 3.21. The lowest BCUT2D eigenvalue weighted by atomic mass is 9.95. The van der Waals surface area contributed by atoms with Gasteiger partial charge in [-0.25, -0.2) is 14.2 Å². The minimum atomic E-state index is -0.826. The maximum Gasteiger partial charge on any atom is 0.338 e. The number of allylic oxidation sites excluding steroid dienone is 1. The Morgan fingerprint density at radius 3 is 2.66 bits per heavy atom. The Morgan fingerprint density at radius 1 is 1.22 bits per heavy atom. The van der Waals surface area contributed by atoms with Gasteiger partial charge in [0.25, 0.3) is 5.56 Å². The zero-order valence-electron chi connectivity index (χ0n) is 17.4. The van der Waals surface area contributed by atoms with Crippen molar-refractivity contribution in [1.82, 2.24) is 4.57 Å². The standard InChI is InChI=1S/C23H18ClFN2O4S/c1-12-19(22(29)31-3)20(13-7-4-5-10-17(13)30-2)27-21(28)18(32-23(27)26-12)11-14-15(24)8-6-9-16(14)25/h4-11,20H,1-3H3. The summed E-state index contributed by atoms with van der Waals surface area (Å²) in [6.07, 6.45) is 1.40. The highest BCUT2D eigenvalue weighted by Crippen LogP contribution is 2.35. The summed E-state index contributed by atoms with van der Waals surface area (Å²) in [5.74, 6) is -0.648. The van der Waals surface area contributed by atoms with Crippen molar-refractivity contribution >= 4 is 35.0 Å². The van der Waals surface area contributed by atoms with Crippen molar-refractivity contribution in [2.45, 2.75) is 13.0 Å². The van der Waals surface area contributed by atoms with Gasteiger partial charge in [-0.05, 0) is 31.2 Å². The van der Waals surface area contributed by atoms with E-state index in [9.17, 15) is 14.0 Å². The first kappa shape index (κ1) is 22.0. The molecular formula is C23H18ClFN2O4S. The van der Waals surface area contributed by atoms with Gasteiger partial charge in [-0.15, -0.1) is 0 Å². The van der Waals surface area contributed by atoms with E-state index in [1.165, 1.54) is 37.0 Å². The average Bonchev–Trinajstić information content (AvgIpc) is 3.09. The van der Waals surface area contributed by atoms with E-state index >= 15 is 0 Å². The molecule has 1 aliphatic heterocycles. The van der Waals surface area contributed by atoms with E-state index in [1.54, 1.807) is 37.3 Å². The lowest BCUT2D eigenvalue weighted by Gasteiger charge is -2.25. The van der Waals surface area contributed by atoms with Crippen LogP contribution in [0.4, 0.5) is 4.39 Å². The second kappa shape index (κ2) is 8.72. The van der Waals surface area contributed by atoms with Crippen molar-refractivity contribution in [2.24, 2.45) is 4.99 Å². The van der Waals surface area contributed by atoms with Gasteiger partial charge in [-0.1, -0.05) is 47.2 Å². The number of carbonyl (C=O) groups is 1. The highest BCUT2D eigenvalue weighted by Gasteiger charge is 2.34. The van der Waals surface area contributed by atoms with Crippen molar-refractivity contribution in [2.75, 3.05) is 14.2 Å². The van der Waals surface area contributed by atoms with Gasteiger partial charge in [0.15, 0.2) is 4.80 Å². The number of carbonyl (C=O) groups excluding carboxylic acids is 1. The summed E-state index contributed by atoms with van der Waals surface area (Å²) in [7, 11) is 2.78. The SMILES string of the molecule is COC(=O)C1=C(C)N=c2sc(=Cc3c(F)cccc3Cl)c(=O)n2C1c1ccccc1OC. The van der Waals surface area contributed by atoms with E-state index in [-0.39, 0.29) is 20.7 Å². The molecule has 1 aliphatic rings. The van der Waals surface area contributed by atoms with Crippen LogP contribution < -0.4 is 19.6 Å². The molecule has 2 heterocycles. The smallest absolute Gasteiger partial charge is 0.338 e. The second-order valence-corrected chi connectivity index (χ2v) is 8.37. The fourth-order valence-electron chi connectivity index (χ4n) is 3.66. The molecule has 0 amide bonds. The Bertz CT molecular complexity index is 1420. The van der Waals surface area contributed by atoms with Crippen molar-refractivity contribution in [1.29, 1.82) is 0 Å². The van der Waals surface area contributed by atoms with E-state index in [0.29, 0.717) is 21.8 Å². The molecule has 6 nitrogen and oxygen atoms in total. The number of hydrogen-bond donors (Lipinski definition) is 0. The van der Waals surface area contributed by atoms with Gasteiger partial charge in [0, 0.05) is 11.1 Å². The molecule has 3 aromatic rings. The maximum absolute atomic E-state index is 14.3. The Labute approximate surface area is 191 Å². The number of ether oxygens (including phenoxy) is 2. The summed E-state index contributed by atoms with van der Waals surface area (Å²) in [5.41, 5.74) is 0.917. The Balaban J connectivity index is 2.04. The van der Waals surface area contributed by atoms with Crippen molar-refractivity contribution in [3.63, 3.8) is 0 Å². The summed E-state index contributed by atoms with van der Waals surface area (Å²) in [6, 6.07) is 10.6. The number of nitrogens with zero attached hydrogens (tertiary/aromatic N) is 2. The number of thiazole rings is 1. The number of methoxy groups -OCH3 is 2. The number of esters is 1. The first-order valence-electron chi connectivity index (χ1n) is 9.55. The lowest BCUT2D eigenvalue weighted by Crippen LogP contribution is -2.40. The van der Waals surface area contributed by atoms with Gasteiger partial charge in [0.05, 0.1) is 35.0 Å². The Hall–Kier alpha value is -3.23. The molecule has 1 unspecified atom stereocenters. The van der Waals surface area contributed by atoms with E-state index < -0.39 is 23.4 Å². The molecule has 1 aromatic heterocycles. The van der Waals surface area contributed by atoms with Crippen LogP contribution in [-0.2, 0) is 9.53 Å². The van der Waals surface area contributed by atoms with Crippen LogP contribution in [-0.4, -0.2) is 24.8 Å². The summed E-state index contributed by atoms with van der Waals surface area (Å²) < 4.78 is 26.5. The van der Waals surface area contributed by atoms with E-state index in [2.05, 4.69) is 4.99 Å². The van der Waals surface area contributed by atoms with Gasteiger partial charge in [-0.2, -0.15) is 0 Å². The number of para-hydroxylation sites is 1.